The van der Waals surface area contributed by atoms with Crippen LogP contribution in [0.1, 0.15) is 18.1 Å². The molecular weight excluding hydrogens is 538 g/mol. The Hall–Kier alpha value is -3.58. The van der Waals surface area contributed by atoms with Gasteiger partial charge in [0.1, 0.15) is 29.8 Å². The van der Waals surface area contributed by atoms with Gasteiger partial charge in [-0.15, -0.1) is 0 Å². The third-order valence-electron chi connectivity index (χ3n) is 4.41. The molecule has 0 radical (unpaired) electrons. The summed E-state index contributed by atoms with van der Waals surface area (Å²) in [5, 5.41) is 21.5. The van der Waals surface area contributed by atoms with Crippen LogP contribution < -0.4 is 14.8 Å². The van der Waals surface area contributed by atoms with Crippen LogP contribution in [-0.4, -0.2) is 17.6 Å². The Labute approximate surface area is 204 Å². The number of amides is 1. The summed E-state index contributed by atoms with van der Waals surface area (Å²) in [6, 6.07) is 17.4. The maximum Gasteiger partial charge on any atom is 0.266 e. The number of phenols is 1. The molecular formula is C25H20FIN2O4. The Morgan fingerprint density at radius 2 is 1.94 bits per heavy atom. The zero-order chi connectivity index (χ0) is 23.8. The molecule has 0 spiro atoms. The second kappa shape index (κ2) is 11.3. The number of nitrogens with zero attached hydrogens (tertiary/aromatic N) is 1. The number of nitriles is 1. The van der Waals surface area contributed by atoms with Gasteiger partial charge in [0.15, 0.2) is 11.5 Å². The number of aromatic hydroxyl groups is 1. The monoisotopic (exact) mass is 558 g/mol. The lowest BCUT2D eigenvalue weighted by Gasteiger charge is -2.15. The highest BCUT2D eigenvalue weighted by Gasteiger charge is 2.15. The van der Waals surface area contributed by atoms with E-state index >= 15 is 0 Å². The molecule has 0 atom stereocenters. The molecule has 0 unspecified atom stereocenters. The first-order chi connectivity index (χ1) is 15.9. The van der Waals surface area contributed by atoms with Crippen LogP contribution in [0.5, 0.6) is 17.2 Å². The van der Waals surface area contributed by atoms with Gasteiger partial charge in [0.25, 0.3) is 5.91 Å². The van der Waals surface area contributed by atoms with Gasteiger partial charge in [-0.25, -0.2) is 4.39 Å². The fourth-order valence-electron chi connectivity index (χ4n) is 2.91. The van der Waals surface area contributed by atoms with Crippen LogP contribution >= 0.6 is 22.6 Å². The molecule has 0 aromatic heterocycles. The number of phenolic OH excluding ortho intramolecular Hbond substituents is 1. The lowest BCUT2D eigenvalue weighted by Crippen LogP contribution is -2.13. The molecule has 0 saturated carbocycles. The van der Waals surface area contributed by atoms with E-state index in [1.165, 1.54) is 42.5 Å². The van der Waals surface area contributed by atoms with Crippen LogP contribution in [0.3, 0.4) is 0 Å². The molecule has 0 aliphatic heterocycles. The fourth-order valence-corrected chi connectivity index (χ4v) is 3.70. The topological polar surface area (TPSA) is 91.6 Å². The second-order valence-corrected chi connectivity index (χ2v) is 8.01. The van der Waals surface area contributed by atoms with Gasteiger partial charge in [0.05, 0.1) is 10.2 Å². The molecule has 3 aromatic carbocycles. The Morgan fingerprint density at radius 1 is 1.18 bits per heavy atom. The Kier molecular flexibility index (Phi) is 8.27. The minimum atomic E-state index is -0.581. The number of carbonyl (C=O) groups is 1. The summed E-state index contributed by atoms with van der Waals surface area (Å²) in [4.78, 5) is 12.5. The highest BCUT2D eigenvalue weighted by molar-refractivity contribution is 14.1. The van der Waals surface area contributed by atoms with Crippen molar-refractivity contribution < 1.29 is 23.8 Å². The standard InChI is InChI=1S/C25H20FIN2O4/c1-2-32-23-13-17(10-18(14-28)25(31)29-20-6-8-21(30)9-7-20)12-22(27)24(23)33-15-16-4-3-5-19(26)11-16/h3-13,30H,2,15H2,1H3,(H,29,31)/b18-10+. The fraction of sp³-hybridized carbons (Fsp3) is 0.120. The minimum absolute atomic E-state index is 0.0711. The van der Waals surface area contributed by atoms with Crippen molar-refractivity contribution in [3.05, 3.63) is 86.8 Å². The van der Waals surface area contributed by atoms with Crippen molar-refractivity contribution in [1.29, 1.82) is 5.26 Å². The number of benzene rings is 3. The molecule has 168 valence electrons. The van der Waals surface area contributed by atoms with Crippen molar-refractivity contribution in [2.75, 3.05) is 11.9 Å². The van der Waals surface area contributed by atoms with Gasteiger partial charge in [0.2, 0.25) is 0 Å². The number of anilines is 1. The molecule has 6 nitrogen and oxygen atoms in total. The summed E-state index contributed by atoms with van der Waals surface area (Å²) >= 11 is 2.08. The van der Waals surface area contributed by atoms with Crippen molar-refractivity contribution in [1.82, 2.24) is 0 Å². The van der Waals surface area contributed by atoms with Gasteiger partial charge in [-0.3, -0.25) is 4.79 Å². The SMILES string of the molecule is CCOc1cc(/C=C(\C#N)C(=O)Nc2ccc(O)cc2)cc(I)c1OCc1cccc(F)c1. The predicted molar refractivity (Wildman–Crippen MR) is 131 cm³/mol. The van der Waals surface area contributed by atoms with Crippen LogP contribution in [0, 0.1) is 20.7 Å². The Balaban J connectivity index is 1.84. The molecule has 8 heteroatoms. The molecule has 0 heterocycles. The molecule has 3 rings (SSSR count). The number of carbonyl (C=O) groups excluding carboxylic acids is 1. The van der Waals surface area contributed by atoms with Crippen LogP contribution in [0.4, 0.5) is 10.1 Å². The average molecular weight is 558 g/mol. The molecule has 0 aliphatic rings. The maximum atomic E-state index is 13.4. The molecule has 0 bridgehead atoms. The van der Waals surface area contributed by atoms with Crippen LogP contribution in [-0.2, 0) is 11.4 Å². The van der Waals surface area contributed by atoms with E-state index in [9.17, 15) is 19.6 Å². The highest BCUT2D eigenvalue weighted by Crippen LogP contribution is 2.35. The maximum absolute atomic E-state index is 13.4. The minimum Gasteiger partial charge on any atom is -0.508 e. The summed E-state index contributed by atoms with van der Waals surface area (Å²) in [5.41, 5.74) is 1.60. The van der Waals surface area contributed by atoms with Gasteiger partial charge in [-0.05, 0) is 95.2 Å². The molecule has 3 aromatic rings. The van der Waals surface area contributed by atoms with E-state index in [1.54, 1.807) is 24.3 Å². The summed E-state index contributed by atoms with van der Waals surface area (Å²) in [6.45, 7) is 2.37. The third kappa shape index (κ3) is 6.70. The van der Waals surface area contributed by atoms with E-state index in [4.69, 9.17) is 9.47 Å². The summed E-state index contributed by atoms with van der Waals surface area (Å²) in [6.07, 6.45) is 1.46. The zero-order valence-electron chi connectivity index (χ0n) is 17.6. The van der Waals surface area contributed by atoms with Gasteiger partial charge in [-0.2, -0.15) is 5.26 Å². The van der Waals surface area contributed by atoms with E-state index in [0.717, 1.165) is 0 Å². The summed E-state index contributed by atoms with van der Waals surface area (Å²) in [5.74, 6) is 0.0875. The van der Waals surface area contributed by atoms with Crippen LogP contribution in [0.2, 0.25) is 0 Å². The normalized spacial score (nSPS) is 10.9. The molecule has 0 fully saturated rings. The zero-order valence-corrected chi connectivity index (χ0v) is 19.8. The van der Waals surface area contributed by atoms with Gasteiger partial charge in [0, 0.05) is 5.69 Å². The molecule has 2 N–H and O–H groups in total. The highest BCUT2D eigenvalue weighted by atomic mass is 127. The van der Waals surface area contributed by atoms with Crippen molar-refractivity contribution >= 4 is 40.3 Å². The van der Waals surface area contributed by atoms with Crippen molar-refractivity contribution in [3.8, 4) is 23.3 Å². The number of hydrogen-bond donors (Lipinski definition) is 2. The van der Waals surface area contributed by atoms with Gasteiger partial charge >= 0.3 is 0 Å². The summed E-state index contributed by atoms with van der Waals surface area (Å²) in [7, 11) is 0. The number of hydrogen-bond acceptors (Lipinski definition) is 5. The largest absolute Gasteiger partial charge is 0.508 e. The lowest BCUT2D eigenvalue weighted by atomic mass is 10.1. The van der Waals surface area contributed by atoms with E-state index < -0.39 is 5.91 Å². The van der Waals surface area contributed by atoms with Crippen molar-refractivity contribution in [2.45, 2.75) is 13.5 Å². The molecule has 33 heavy (non-hydrogen) atoms. The van der Waals surface area contributed by atoms with E-state index in [1.807, 2.05) is 13.0 Å². The smallest absolute Gasteiger partial charge is 0.266 e. The first-order valence-electron chi connectivity index (χ1n) is 9.95. The van der Waals surface area contributed by atoms with E-state index in [0.29, 0.717) is 38.5 Å². The number of rotatable bonds is 8. The van der Waals surface area contributed by atoms with E-state index in [2.05, 4.69) is 27.9 Å². The van der Waals surface area contributed by atoms with E-state index in [-0.39, 0.29) is 23.7 Å². The first kappa shape index (κ1) is 24.1. The molecule has 0 saturated heterocycles. The number of nitrogens with one attached hydrogen (secondary N) is 1. The van der Waals surface area contributed by atoms with Crippen LogP contribution in [0.25, 0.3) is 6.08 Å². The van der Waals surface area contributed by atoms with Crippen molar-refractivity contribution in [2.24, 2.45) is 0 Å². The van der Waals surface area contributed by atoms with Gasteiger partial charge in [-0.1, -0.05) is 12.1 Å². The molecule has 1 amide bonds. The Bertz CT molecular complexity index is 1220. The second-order valence-electron chi connectivity index (χ2n) is 6.85. The Morgan fingerprint density at radius 3 is 2.61 bits per heavy atom. The van der Waals surface area contributed by atoms with Crippen molar-refractivity contribution in [3.63, 3.8) is 0 Å². The quantitative estimate of drug-likeness (QED) is 0.161. The van der Waals surface area contributed by atoms with Crippen LogP contribution in [0.15, 0.2) is 66.2 Å². The number of ether oxygens (including phenoxy) is 2. The number of halogens is 2. The third-order valence-corrected chi connectivity index (χ3v) is 5.21. The summed E-state index contributed by atoms with van der Waals surface area (Å²) < 4.78 is 25.8. The first-order valence-corrected chi connectivity index (χ1v) is 11.0. The molecule has 0 aliphatic carbocycles. The average Bonchev–Trinajstić information content (AvgIpc) is 2.78. The predicted octanol–water partition coefficient (Wildman–Crippen LogP) is 5.66. The lowest BCUT2D eigenvalue weighted by molar-refractivity contribution is -0.112. The van der Waals surface area contributed by atoms with Gasteiger partial charge < -0.3 is 19.9 Å².